The molecule has 0 fully saturated rings. The Hall–Kier alpha value is -0.870. The van der Waals surface area contributed by atoms with Crippen LogP contribution in [0, 0.1) is 19.3 Å². The Labute approximate surface area is 114 Å². The zero-order valence-electron chi connectivity index (χ0n) is 11.5. The molecule has 0 aliphatic rings. The van der Waals surface area contributed by atoms with Crippen LogP contribution in [0.5, 0.6) is 0 Å². The van der Waals surface area contributed by atoms with Crippen molar-refractivity contribution >= 4 is 17.4 Å². The molecule has 0 aliphatic heterocycles. The number of aryl methyl sites for hydroxylation is 1. The van der Waals surface area contributed by atoms with Gasteiger partial charge in [-0.05, 0) is 32.1 Å². The zero-order valence-corrected chi connectivity index (χ0v) is 12.3. The minimum Gasteiger partial charge on any atom is -0.396 e. The number of rotatable bonds is 6. The van der Waals surface area contributed by atoms with Crippen LogP contribution < -0.4 is 5.32 Å². The molecule has 0 saturated heterocycles. The van der Waals surface area contributed by atoms with Crippen LogP contribution in [0.15, 0.2) is 0 Å². The summed E-state index contributed by atoms with van der Waals surface area (Å²) in [7, 11) is 0. The second-order valence-electron chi connectivity index (χ2n) is 5.38. The van der Waals surface area contributed by atoms with Crippen molar-refractivity contribution in [1.82, 2.24) is 9.97 Å². The highest BCUT2D eigenvalue weighted by atomic mass is 35.5. The van der Waals surface area contributed by atoms with Crippen LogP contribution in [0.2, 0.25) is 5.15 Å². The maximum absolute atomic E-state index is 8.87. The Balaban J connectivity index is 2.68. The zero-order chi connectivity index (χ0) is 13.8. The molecule has 0 bridgehead atoms. The van der Waals surface area contributed by atoms with E-state index in [1.807, 2.05) is 13.8 Å². The van der Waals surface area contributed by atoms with E-state index in [1.54, 1.807) is 0 Å². The monoisotopic (exact) mass is 271 g/mol. The molecule has 1 rings (SSSR count). The summed E-state index contributed by atoms with van der Waals surface area (Å²) in [5.74, 6) is 1.46. The first-order chi connectivity index (χ1) is 8.35. The van der Waals surface area contributed by atoms with Gasteiger partial charge < -0.3 is 10.4 Å². The Morgan fingerprint density at radius 1 is 1.28 bits per heavy atom. The molecular formula is C13H22ClN3O. The van der Waals surface area contributed by atoms with E-state index in [2.05, 4.69) is 29.1 Å². The first kappa shape index (κ1) is 15.2. The van der Waals surface area contributed by atoms with Gasteiger partial charge in [0, 0.05) is 18.7 Å². The van der Waals surface area contributed by atoms with E-state index in [9.17, 15) is 0 Å². The quantitative estimate of drug-likeness (QED) is 0.781. The van der Waals surface area contributed by atoms with E-state index >= 15 is 0 Å². The van der Waals surface area contributed by atoms with Crippen LogP contribution in [-0.2, 0) is 0 Å². The molecule has 0 aliphatic carbocycles. The molecular weight excluding hydrogens is 250 g/mol. The lowest BCUT2D eigenvalue weighted by molar-refractivity contribution is 0.248. The minimum absolute atomic E-state index is 0.112. The lowest BCUT2D eigenvalue weighted by Crippen LogP contribution is -2.24. The highest BCUT2D eigenvalue weighted by molar-refractivity contribution is 6.30. The number of anilines is 1. The summed E-state index contributed by atoms with van der Waals surface area (Å²) in [6.45, 7) is 9.10. The number of halogens is 1. The molecule has 1 aromatic rings. The summed E-state index contributed by atoms with van der Waals surface area (Å²) in [6.07, 6.45) is 1.78. The van der Waals surface area contributed by atoms with Gasteiger partial charge in [0.1, 0.15) is 16.8 Å². The van der Waals surface area contributed by atoms with Crippen LogP contribution >= 0.6 is 11.6 Å². The van der Waals surface area contributed by atoms with Gasteiger partial charge >= 0.3 is 0 Å². The number of nitrogens with one attached hydrogen (secondary N) is 1. The number of aliphatic hydroxyl groups is 1. The lowest BCUT2D eigenvalue weighted by atomic mass is 9.88. The summed E-state index contributed by atoms with van der Waals surface area (Å²) < 4.78 is 0. The molecule has 1 heterocycles. The molecule has 0 spiro atoms. The molecule has 4 nitrogen and oxygen atoms in total. The first-order valence-corrected chi connectivity index (χ1v) is 6.59. The third-order valence-electron chi connectivity index (χ3n) is 2.94. The number of aliphatic hydroxyl groups excluding tert-OH is 1. The molecule has 1 aromatic heterocycles. The van der Waals surface area contributed by atoms with Gasteiger partial charge in [0.25, 0.3) is 0 Å². The highest BCUT2D eigenvalue weighted by Gasteiger charge is 2.18. The summed E-state index contributed by atoms with van der Waals surface area (Å²) in [5.41, 5.74) is 0.987. The first-order valence-electron chi connectivity index (χ1n) is 6.21. The molecule has 0 saturated carbocycles. The molecule has 2 N–H and O–H groups in total. The van der Waals surface area contributed by atoms with Crippen molar-refractivity contribution in [2.24, 2.45) is 5.41 Å². The molecule has 0 unspecified atom stereocenters. The van der Waals surface area contributed by atoms with E-state index in [0.29, 0.717) is 11.0 Å². The fraction of sp³-hybridized carbons (Fsp3) is 0.692. The predicted octanol–water partition coefficient (Wildman–Crippen LogP) is 2.96. The number of hydrogen-bond acceptors (Lipinski definition) is 4. The van der Waals surface area contributed by atoms with Gasteiger partial charge in [-0.1, -0.05) is 25.4 Å². The molecule has 0 radical (unpaired) electrons. The SMILES string of the molecule is Cc1nc(Cl)c(C)c(NCC(C)(C)CCCO)n1. The normalized spacial score (nSPS) is 11.7. The van der Waals surface area contributed by atoms with E-state index in [-0.39, 0.29) is 12.0 Å². The van der Waals surface area contributed by atoms with Gasteiger partial charge in [0.2, 0.25) is 0 Å². The molecule has 5 heteroatoms. The fourth-order valence-electron chi connectivity index (χ4n) is 1.74. The average Bonchev–Trinajstić information content (AvgIpc) is 2.29. The largest absolute Gasteiger partial charge is 0.396 e. The Morgan fingerprint density at radius 2 is 1.94 bits per heavy atom. The van der Waals surface area contributed by atoms with Crippen molar-refractivity contribution in [2.45, 2.75) is 40.5 Å². The average molecular weight is 272 g/mol. The maximum Gasteiger partial charge on any atom is 0.137 e. The van der Waals surface area contributed by atoms with Crippen molar-refractivity contribution in [1.29, 1.82) is 0 Å². The van der Waals surface area contributed by atoms with Gasteiger partial charge in [0.05, 0.1) is 0 Å². The van der Waals surface area contributed by atoms with E-state index in [0.717, 1.165) is 30.8 Å². The molecule has 102 valence electrons. The Morgan fingerprint density at radius 3 is 2.56 bits per heavy atom. The van der Waals surface area contributed by atoms with Crippen molar-refractivity contribution < 1.29 is 5.11 Å². The van der Waals surface area contributed by atoms with E-state index in [1.165, 1.54) is 0 Å². The van der Waals surface area contributed by atoms with Gasteiger partial charge in [-0.15, -0.1) is 0 Å². The van der Waals surface area contributed by atoms with E-state index < -0.39 is 0 Å². The van der Waals surface area contributed by atoms with Crippen molar-refractivity contribution in [3.05, 3.63) is 16.5 Å². The third kappa shape index (κ3) is 4.42. The Bertz CT molecular complexity index is 407. The standard InChI is InChI=1S/C13H22ClN3O/c1-9-11(14)16-10(2)17-12(9)15-8-13(3,4)6-5-7-18/h18H,5-8H2,1-4H3,(H,15,16,17). The highest BCUT2D eigenvalue weighted by Crippen LogP contribution is 2.25. The summed E-state index contributed by atoms with van der Waals surface area (Å²) in [4.78, 5) is 8.47. The molecule has 0 aromatic carbocycles. The second-order valence-corrected chi connectivity index (χ2v) is 5.74. The van der Waals surface area contributed by atoms with Crippen molar-refractivity contribution in [2.75, 3.05) is 18.5 Å². The van der Waals surface area contributed by atoms with Crippen LogP contribution in [0.25, 0.3) is 0 Å². The topological polar surface area (TPSA) is 58.0 Å². The lowest BCUT2D eigenvalue weighted by Gasteiger charge is -2.25. The van der Waals surface area contributed by atoms with Gasteiger partial charge in [0.15, 0.2) is 0 Å². The number of aromatic nitrogens is 2. The van der Waals surface area contributed by atoms with Crippen molar-refractivity contribution in [3.63, 3.8) is 0 Å². The van der Waals surface area contributed by atoms with E-state index in [4.69, 9.17) is 16.7 Å². The fourth-order valence-corrected chi connectivity index (χ4v) is 1.95. The molecule has 0 amide bonds. The Kier molecular flexibility index (Phi) is 5.35. The summed E-state index contributed by atoms with van der Waals surface area (Å²) in [5, 5.41) is 12.7. The minimum atomic E-state index is 0.112. The second kappa shape index (κ2) is 6.34. The maximum atomic E-state index is 8.87. The molecule has 0 atom stereocenters. The van der Waals surface area contributed by atoms with Gasteiger partial charge in [-0.2, -0.15) is 0 Å². The smallest absolute Gasteiger partial charge is 0.137 e. The van der Waals surface area contributed by atoms with Crippen LogP contribution in [0.1, 0.15) is 38.1 Å². The third-order valence-corrected chi connectivity index (χ3v) is 3.31. The van der Waals surface area contributed by atoms with Gasteiger partial charge in [-0.25, -0.2) is 9.97 Å². The summed E-state index contributed by atoms with van der Waals surface area (Å²) in [6, 6.07) is 0. The summed E-state index contributed by atoms with van der Waals surface area (Å²) >= 11 is 6.03. The predicted molar refractivity (Wildman–Crippen MR) is 75.1 cm³/mol. The van der Waals surface area contributed by atoms with Crippen molar-refractivity contribution in [3.8, 4) is 0 Å². The molecule has 18 heavy (non-hydrogen) atoms. The number of hydrogen-bond donors (Lipinski definition) is 2. The van der Waals surface area contributed by atoms with Gasteiger partial charge in [-0.3, -0.25) is 0 Å². The van der Waals surface area contributed by atoms with Crippen LogP contribution in [0.4, 0.5) is 5.82 Å². The number of nitrogens with zero attached hydrogens (tertiary/aromatic N) is 2. The van der Waals surface area contributed by atoms with Crippen LogP contribution in [-0.4, -0.2) is 28.2 Å². The van der Waals surface area contributed by atoms with Crippen LogP contribution in [0.3, 0.4) is 0 Å².